The summed E-state index contributed by atoms with van der Waals surface area (Å²) in [5, 5.41) is 2.79. The van der Waals surface area contributed by atoms with Crippen molar-refractivity contribution in [3.63, 3.8) is 0 Å². The molecule has 0 bridgehead atoms. The fourth-order valence-corrected chi connectivity index (χ4v) is 2.62. The van der Waals surface area contributed by atoms with Gasteiger partial charge in [-0.3, -0.25) is 14.4 Å². The molecule has 29 heavy (non-hydrogen) atoms. The van der Waals surface area contributed by atoms with Crippen LogP contribution in [-0.2, 0) is 14.4 Å². The highest BCUT2D eigenvalue weighted by Crippen LogP contribution is 2.04. The van der Waals surface area contributed by atoms with Gasteiger partial charge in [-0.2, -0.15) is 0 Å². The van der Waals surface area contributed by atoms with E-state index in [2.05, 4.69) is 78.5 Å². The zero-order valence-electron chi connectivity index (χ0n) is 17.6. The molecular weight excluding hydrogens is 364 g/mol. The lowest BCUT2D eigenvalue weighted by Gasteiger charge is -2.08. The van der Waals surface area contributed by atoms with E-state index < -0.39 is 0 Å². The summed E-state index contributed by atoms with van der Waals surface area (Å²) in [4.78, 5) is 27.7. The van der Waals surface area contributed by atoms with Crippen LogP contribution in [0.15, 0.2) is 60.8 Å². The van der Waals surface area contributed by atoms with Crippen molar-refractivity contribution in [2.45, 2.75) is 70.8 Å². The van der Waals surface area contributed by atoms with Crippen LogP contribution in [-0.4, -0.2) is 24.5 Å². The minimum absolute atomic E-state index is 0.000279. The predicted molar refractivity (Wildman–Crippen MR) is 119 cm³/mol. The summed E-state index contributed by atoms with van der Waals surface area (Å²) in [6.07, 6.45) is 29.0. The molecule has 0 saturated carbocycles. The number of carbonyl (C=O) groups excluding carboxylic acids is 2. The largest absolute Gasteiger partial charge is 0.353 e. The van der Waals surface area contributed by atoms with Gasteiger partial charge in [-0.15, -0.1) is 0 Å². The normalized spacial score (nSPS) is 17.6. The lowest BCUT2D eigenvalue weighted by atomic mass is 10.2. The van der Waals surface area contributed by atoms with E-state index in [9.17, 15) is 9.59 Å². The highest BCUT2D eigenvalue weighted by atomic mass is 16.7. The Morgan fingerprint density at radius 1 is 0.966 bits per heavy atom. The number of nitrogens with one attached hydrogen (secondary N) is 2. The Morgan fingerprint density at radius 3 is 2.03 bits per heavy atom. The summed E-state index contributed by atoms with van der Waals surface area (Å²) >= 11 is 0. The van der Waals surface area contributed by atoms with Crippen LogP contribution in [0.25, 0.3) is 0 Å². The van der Waals surface area contributed by atoms with E-state index in [1.165, 1.54) is 0 Å². The van der Waals surface area contributed by atoms with E-state index in [4.69, 9.17) is 4.84 Å². The molecule has 1 aliphatic heterocycles. The first-order valence-electron chi connectivity index (χ1n) is 10.7. The molecule has 1 unspecified atom stereocenters. The Kier molecular flexibility index (Phi) is 15.0. The van der Waals surface area contributed by atoms with Crippen LogP contribution in [0.4, 0.5) is 0 Å². The minimum atomic E-state index is -0.252. The third kappa shape index (κ3) is 15.2. The van der Waals surface area contributed by atoms with Gasteiger partial charge < -0.3 is 5.32 Å². The molecule has 2 N–H and O–H groups in total. The Morgan fingerprint density at radius 2 is 1.52 bits per heavy atom. The van der Waals surface area contributed by atoms with E-state index in [0.29, 0.717) is 19.4 Å². The third-order valence-electron chi connectivity index (χ3n) is 4.21. The van der Waals surface area contributed by atoms with Crippen LogP contribution < -0.4 is 10.8 Å². The number of rotatable bonds is 15. The molecule has 1 saturated heterocycles. The van der Waals surface area contributed by atoms with E-state index in [0.717, 1.165) is 44.9 Å². The van der Waals surface area contributed by atoms with Gasteiger partial charge in [0.1, 0.15) is 6.10 Å². The van der Waals surface area contributed by atoms with Gasteiger partial charge in [0.15, 0.2) is 0 Å². The number of unbranched alkanes of at least 4 members (excludes halogenated alkanes) is 1. The Hall–Kier alpha value is -2.40. The van der Waals surface area contributed by atoms with E-state index in [1.807, 2.05) is 0 Å². The lowest BCUT2D eigenvalue weighted by molar-refractivity contribution is -0.124. The van der Waals surface area contributed by atoms with Crippen LogP contribution in [0.2, 0.25) is 0 Å². The van der Waals surface area contributed by atoms with Crippen molar-refractivity contribution in [2.24, 2.45) is 0 Å². The SMILES string of the molecule is CCC=CCC=CCC=CCC=CCC=CCCCC(=O)NCC1CC(=O)NO1. The molecule has 0 aromatic rings. The average Bonchev–Trinajstić information content (AvgIpc) is 3.14. The average molecular weight is 401 g/mol. The number of carbonyl (C=O) groups is 2. The van der Waals surface area contributed by atoms with Crippen LogP contribution >= 0.6 is 0 Å². The second kappa shape index (κ2) is 17.7. The number of hydrogen-bond donors (Lipinski definition) is 2. The molecule has 0 spiro atoms. The van der Waals surface area contributed by atoms with Gasteiger partial charge in [-0.1, -0.05) is 67.7 Å². The molecule has 1 atom stereocenters. The molecule has 0 aromatic heterocycles. The van der Waals surface area contributed by atoms with Crippen molar-refractivity contribution in [3.05, 3.63) is 60.8 Å². The van der Waals surface area contributed by atoms with Gasteiger partial charge in [-0.05, 0) is 44.9 Å². The first-order valence-corrected chi connectivity index (χ1v) is 10.7. The van der Waals surface area contributed by atoms with Crippen LogP contribution in [0.3, 0.4) is 0 Å². The van der Waals surface area contributed by atoms with Crippen LogP contribution in [0.5, 0.6) is 0 Å². The lowest BCUT2D eigenvalue weighted by Crippen LogP contribution is -2.32. The number of amides is 2. The zero-order valence-corrected chi connectivity index (χ0v) is 17.6. The molecule has 2 amide bonds. The van der Waals surface area contributed by atoms with Crippen molar-refractivity contribution in [2.75, 3.05) is 6.54 Å². The number of hydroxylamine groups is 1. The zero-order chi connectivity index (χ0) is 21.0. The maximum absolute atomic E-state index is 11.7. The summed E-state index contributed by atoms with van der Waals surface area (Å²) < 4.78 is 0. The molecule has 0 aromatic carbocycles. The van der Waals surface area contributed by atoms with Gasteiger partial charge in [0, 0.05) is 13.0 Å². The maximum atomic E-state index is 11.7. The van der Waals surface area contributed by atoms with Gasteiger partial charge >= 0.3 is 0 Å². The maximum Gasteiger partial charge on any atom is 0.246 e. The predicted octanol–water partition coefficient (Wildman–Crippen LogP) is 4.84. The fraction of sp³-hybridized carbons (Fsp3) is 0.500. The summed E-state index contributed by atoms with van der Waals surface area (Å²) in [6, 6.07) is 0. The summed E-state index contributed by atoms with van der Waals surface area (Å²) in [7, 11) is 0. The van der Waals surface area contributed by atoms with Gasteiger partial charge in [0.2, 0.25) is 11.8 Å². The summed E-state index contributed by atoms with van der Waals surface area (Å²) in [5.41, 5.74) is 2.28. The smallest absolute Gasteiger partial charge is 0.246 e. The van der Waals surface area contributed by atoms with Crippen molar-refractivity contribution in [1.82, 2.24) is 10.8 Å². The molecule has 5 heteroatoms. The first-order chi connectivity index (χ1) is 14.2. The molecule has 0 aliphatic carbocycles. The second-order valence-electron chi connectivity index (χ2n) is 6.87. The Bertz CT molecular complexity index is 603. The second-order valence-corrected chi connectivity index (χ2v) is 6.87. The summed E-state index contributed by atoms with van der Waals surface area (Å²) in [5.74, 6) is -0.136. The fourth-order valence-electron chi connectivity index (χ4n) is 2.62. The van der Waals surface area contributed by atoms with Gasteiger partial charge in [-0.25, -0.2) is 5.48 Å². The van der Waals surface area contributed by atoms with E-state index in [-0.39, 0.29) is 17.9 Å². The topological polar surface area (TPSA) is 67.4 Å². The monoisotopic (exact) mass is 400 g/mol. The van der Waals surface area contributed by atoms with Crippen molar-refractivity contribution >= 4 is 11.8 Å². The number of hydrogen-bond acceptors (Lipinski definition) is 3. The molecule has 1 rings (SSSR count). The molecular formula is C24H36N2O3. The molecule has 1 aliphatic rings. The van der Waals surface area contributed by atoms with Crippen LogP contribution in [0.1, 0.15) is 64.7 Å². The van der Waals surface area contributed by atoms with Crippen molar-refractivity contribution < 1.29 is 14.4 Å². The van der Waals surface area contributed by atoms with E-state index in [1.54, 1.807) is 0 Å². The standard InChI is InChI=1S/C24H36N2O3/c1-2-3-4-5-6-7-8-9-10-11-12-13-14-15-16-17-18-19-23(27)25-21-22-20-24(28)26-29-22/h3-4,6-7,9-10,12-13,15-16,22H,2,5,8,11,14,17-21H2,1H3,(H,25,27)(H,26,28). The molecule has 0 radical (unpaired) electrons. The molecule has 160 valence electrons. The molecule has 1 heterocycles. The van der Waals surface area contributed by atoms with Gasteiger partial charge in [0.05, 0.1) is 6.42 Å². The summed E-state index contributed by atoms with van der Waals surface area (Å²) in [6.45, 7) is 2.52. The Labute approximate surface area is 175 Å². The van der Waals surface area contributed by atoms with Crippen molar-refractivity contribution in [3.8, 4) is 0 Å². The highest BCUT2D eigenvalue weighted by molar-refractivity contribution is 5.78. The quantitative estimate of drug-likeness (QED) is 0.305. The van der Waals surface area contributed by atoms with Crippen LogP contribution in [0, 0.1) is 0 Å². The van der Waals surface area contributed by atoms with Crippen molar-refractivity contribution in [1.29, 1.82) is 0 Å². The first kappa shape index (κ1) is 24.6. The Balaban J connectivity index is 1.92. The number of allylic oxidation sites excluding steroid dienone is 10. The van der Waals surface area contributed by atoms with E-state index >= 15 is 0 Å². The highest BCUT2D eigenvalue weighted by Gasteiger charge is 2.22. The molecule has 5 nitrogen and oxygen atoms in total. The molecule has 1 fully saturated rings. The minimum Gasteiger partial charge on any atom is -0.353 e. The van der Waals surface area contributed by atoms with Gasteiger partial charge in [0.25, 0.3) is 0 Å². The third-order valence-corrected chi connectivity index (χ3v) is 4.21.